The summed E-state index contributed by atoms with van der Waals surface area (Å²) in [6, 6.07) is 0. The first-order valence-corrected chi connectivity index (χ1v) is 8.90. The van der Waals surface area contributed by atoms with E-state index in [1.165, 1.54) is 6.92 Å². The fourth-order valence-corrected chi connectivity index (χ4v) is 1.96. The third kappa shape index (κ3) is 5.51. The molecule has 0 aromatic carbocycles. The van der Waals surface area contributed by atoms with Gasteiger partial charge in [-0.25, -0.2) is 4.39 Å². The number of hydrogen-bond donors (Lipinski definition) is 2. The summed E-state index contributed by atoms with van der Waals surface area (Å²) in [6.07, 6.45) is -4.61. The fourth-order valence-electron chi connectivity index (χ4n) is 1.51. The highest BCUT2D eigenvalue weighted by Crippen LogP contribution is 2.59. The van der Waals surface area contributed by atoms with Gasteiger partial charge < -0.3 is 5.73 Å². The van der Waals surface area contributed by atoms with E-state index >= 15 is 0 Å². The van der Waals surface area contributed by atoms with Crippen LogP contribution in [-0.4, -0.2) is 54.6 Å². The van der Waals surface area contributed by atoms with Crippen molar-refractivity contribution in [2.45, 2.75) is 61.3 Å². The molecular formula is C13H18F11NO3S. The summed E-state index contributed by atoms with van der Waals surface area (Å²) in [5.74, 6) is -29.4. The van der Waals surface area contributed by atoms with E-state index in [0.717, 1.165) is 0 Å². The molecule has 29 heavy (non-hydrogen) atoms. The van der Waals surface area contributed by atoms with Crippen LogP contribution in [0.4, 0.5) is 48.3 Å². The van der Waals surface area contributed by atoms with Crippen LogP contribution in [-0.2, 0) is 10.1 Å². The van der Waals surface area contributed by atoms with Crippen LogP contribution in [0, 0.1) is 0 Å². The summed E-state index contributed by atoms with van der Waals surface area (Å²) in [5.41, 5.74) is 4.91. The molecule has 0 aliphatic carbocycles. The summed E-state index contributed by atoms with van der Waals surface area (Å²) in [6.45, 7) is 5.19. The van der Waals surface area contributed by atoms with E-state index in [1.807, 2.05) is 0 Å². The third-order valence-electron chi connectivity index (χ3n) is 3.27. The maximum Gasteiger partial charge on any atom is 0.438 e. The second-order valence-corrected chi connectivity index (χ2v) is 6.93. The molecule has 0 heterocycles. The smallest absolute Gasteiger partial charge is 0.327 e. The predicted molar refractivity (Wildman–Crippen MR) is 80.0 cm³/mol. The van der Waals surface area contributed by atoms with Gasteiger partial charge in [-0.3, -0.25) is 4.55 Å². The molecule has 3 N–H and O–H groups in total. The fraction of sp³-hybridized carbons (Fsp3) is 0.846. The van der Waals surface area contributed by atoms with Crippen LogP contribution in [0.5, 0.6) is 0 Å². The lowest BCUT2D eigenvalue weighted by molar-refractivity contribution is -0.397. The topological polar surface area (TPSA) is 80.4 Å². The Morgan fingerprint density at radius 1 is 0.966 bits per heavy atom. The van der Waals surface area contributed by atoms with Crippen LogP contribution in [0.3, 0.4) is 0 Å². The lowest BCUT2D eigenvalue weighted by Gasteiger charge is -2.39. The highest BCUT2D eigenvalue weighted by molar-refractivity contribution is 7.87. The van der Waals surface area contributed by atoms with E-state index in [4.69, 9.17) is 10.3 Å². The quantitative estimate of drug-likeness (QED) is 0.272. The van der Waals surface area contributed by atoms with Gasteiger partial charge in [0.1, 0.15) is 0 Å². The molecule has 1 unspecified atom stereocenters. The van der Waals surface area contributed by atoms with Gasteiger partial charge in [-0.1, -0.05) is 25.8 Å². The number of alkyl halides is 11. The lowest BCUT2D eigenvalue weighted by atomic mass is 9.93. The maximum absolute atomic E-state index is 13.2. The van der Waals surface area contributed by atoms with E-state index in [1.54, 1.807) is 6.08 Å². The Balaban J connectivity index is 0. The lowest BCUT2D eigenvalue weighted by Crippen LogP contribution is -2.70. The SMILES string of the molecule is C=CCN.CCCCC(F)C(F)(F)C(F)(F)C(F)(F)C(F)(F)C(F)(F)S(=O)(=O)O. The minimum atomic E-state index is -7.75. The minimum Gasteiger partial charge on any atom is -0.327 e. The van der Waals surface area contributed by atoms with Crippen molar-refractivity contribution in [1.29, 1.82) is 0 Å². The molecule has 1 atom stereocenters. The Morgan fingerprint density at radius 3 is 1.62 bits per heavy atom. The monoisotopic (exact) mass is 477 g/mol. The van der Waals surface area contributed by atoms with Crippen molar-refractivity contribution in [2.75, 3.05) is 6.54 Å². The average Bonchev–Trinajstić information content (AvgIpc) is 2.57. The largest absolute Gasteiger partial charge is 0.438 e. The van der Waals surface area contributed by atoms with Crippen molar-refractivity contribution in [2.24, 2.45) is 5.73 Å². The van der Waals surface area contributed by atoms with E-state index in [9.17, 15) is 56.7 Å². The van der Waals surface area contributed by atoms with E-state index < -0.39 is 58.1 Å². The van der Waals surface area contributed by atoms with Gasteiger partial charge in [0.2, 0.25) is 0 Å². The molecule has 4 nitrogen and oxygen atoms in total. The second kappa shape index (κ2) is 9.76. The second-order valence-electron chi connectivity index (χ2n) is 5.47. The Labute approximate surface area is 158 Å². The number of unbranched alkanes of at least 4 members (excludes halogenated alkanes) is 1. The minimum absolute atomic E-state index is 0.0878. The molecule has 0 aliphatic rings. The highest BCUT2D eigenvalue weighted by Gasteiger charge is 2.89. The van der Waals surface area contributed by atoms with Gasteiger partial charge in [-0.05, 0) is 6.42 Å². The Kier molecular flexibility index (Phi) is 10.1. The number of rotatable bonds is 10. The summed E-state index contributed by atoms with van der Waals surface area (Å²) in [5, 5.41) is -7.27. The maximum atomic E-state index is 13.2. The van der Waals surface area contributed by atoms with Gasteiger partial charge in [0.15, 0.2) is 6.17 Å². The van der Waals surface area contributed by atoms with Gasteiger partial charge in [0.05, 0.1) is 0 Å². The summed E-state index contributed by atoms with van der Waals surface area (Å²) < 4.78 is 172. The molecule has 176 valence electrons. The van der Waals surface area contributed by atoms with Gasteiger partial charge in [0, 0.05) is 6.54 Å². The van der Waals surface area contributed by atoms with Gasteiger partial charge in [-0.2, -0.15) is 52.3 Å². The van der Waals surface area contributed by atoms with E-state index in [2.05, 4.69) is 6.58 Å². The molecule has 0 bridgehead atoms. The Morgan fingerprint density at radius 2 is 1.34 bits per heavy atom. The molecule has 0 saturated heterocycles. The first-order chi connectivity index (χ1) is 12.6. The van der Waals surface area contributed by atoms with Crippen LogP contribution in [0.15, 0.2) is 12.7 Å². The first-order valence-electron chi connectivity index (χ1n) is 7.46. The highest BCUT2D eigenvalue weighted by atomic mass is 32.2. The molecule has 16 heteroatoms. The molecule has 0 aromatic rings. The van der Waals surface area contributed by atoms with Crippen molar-refractivity contribution in [1.82, 2.24) is 0 Å². The molecule has 0 spiro atoms. The Hall–Kier alpha value is -1.16. The van der Waals surface area contributed by atoms with Crippen LogP contribution in [0.1, 0.15) is 26.2 Å². The normalized spacial score (nSPS) is 15.4. The summed E-state index contributed by atoms with van der Waals surface area (Å²) in [7, 11) is -7.42. The summed E-state index contributed by atoms with van der Waals surface area (Å²) in [4.78, 5) is 0. The van der Waals surface area contributed by atoms with Gasteiger partial charge in [0.25, 0.3) is 0 Å². The van der Waals surface area contributed by atoms with Crippen LogP contribution < -0.4 is 5.73 Å². The molecule has 0 amide bonds. The zero-order chi connectivity index (χ0) is 24.1. The molecule has 0 aromatic heterocycles. The van der Waals surface area contributed by atoms with Crippen LogP contribution in [0.2, 0.25) is 0 Å². The van der Waals surface area contributed by atoms with Crippen LogP contribution >= 0.6 is 0 Å². The predicted octanol–water partition coefficient (Wildman–Crippen LogP) is 4.67. The van der Waals surface area contributed by atoms with E-state index in [0.29, 0.717) is 6.54 Å². The zero-order valence-electron chi connectivity index (χ0n) is 14.6. The van der Waals surface area contributed by atoms with Crippen molar-refractivity contribution >= 4 is 10.1 Å². The molecule has 0 radical (unpaired) electrons. The van der Waals surface area contributed by atoms with Gasteiger partial charge >= 0.3 is 39.1 Å². The number of hydrogen-bond acceptors (Lipinski definition) is 3. The average molecular weight is 477 g/mol. The molecular weight excluding hydrogens is 459 g/mol. The van der Waals surface area contributed by atoms with Crippen molar-refractivity contribution in [3.63, 3.8) is 0 Å². The number of halogens is 11. The standard InChI is InChI=1S/C10H11F11O3S.C3H7N/c1-2-3-4-5(11)6(12,13)7(14,15)8(16,17)9(18,19)10(20,21)25(22,23)24;1-2-3-4/h5H,2-4H2,1H3,(H,22,23,24);2H,1,3-4H2. The van der Waals surface area contributed by atoms with Gasteiger partial charge in [-0.15, -0.1) is 6.58 Å². The van der Waals surface area contributed by atoms with E-state index in [-0.39, 0.29) is 6.42 Å². The third-order valence-corrected chi connectivity index (χ3v) is 4.17. The van der Waals surface area contributed by atoms with Crippen molar-refractivity contribution in [3.8, 4) is 0 Å². The first kappa shape index (κ1) is 30.0. The van der Waals surface area contributed by atoms with Crippen LogP contribution in [0.25, 0.3) is 0 Å². The Bertz CT molecular complexity index is 638. The zero-order valence-corrected chi connectivity index (χ0v) is 15.4. The molecule has 0 fully saturated rings. The van der Waals surface area contributed by atoms with Crippen molar-refractivity contribution in [3.05, 3.63) is 12.7 Å². The molecule has 0 aliphatic heterocycles. The number of nitrogens with two attached hydrogens (primary N) is 1. The molecule has 0 rings (SSSR count). The molecule has 0 saturated carbocycles. The summed E-state index contributed by atoms with van der Waals surface area (Å²) >= 11 is 0. The van der Waals surface area contributed by atoms with Crippen molar-refractivity contribution < 1.29 is 61.3 Å².